The molecule has 0 radical (unpaired) electrons. The summed E-state index contributed by atoms with van der Waals surface area (Å²) in [7, 11) is 0. The molecule has 0 bridgehead atoms. The SMILES string of the molecule is c1ccc(-c2ccccc2-c2cccc(N(c3ccc(-c4ccccc4-c4ccccc4-n4c5ccccc5c5ccccc54)cc3)c3ccc(-c4cccc5c4oc4ccccc45)cc3)c2)cc1. The molecule has 3 nitrogen and oxygen atoms in total. The quantitative estimate of drug-likeness (QED) is 0.144. The summed E-state index contributed by atoms with van der Waals surface area (Å²) in [4.78, 5) is 2.37. The van der Waals surface area contributed by atoms with Gasteiger partial charge in [-0.1, -0.05) is 206 Å². The molecular weight excluding hydrogens is 837 g/mol. The number of nitrogens with zero attached hydrogens (tertiary/aromatic N) is 2. The average Bonchev–Trinajstić information content (AvgIpc) is 3.98. The van der Waals surface area contributed by atoms with Gasteiger partial charge < -0.3 is 13.9 Å². The zero-order valence-electron chi connectivity index (χ0n) is 37.7. The summed E-state index contributed by atoms with van der Waals surface area (Å²) in [5.41, 5.74) is 20.1. The van der Waals surface area contributed by atoms with E-state index in [4.69, 9.17) is 4.42 Å². The number of para-hydroxylation sites is 5. The molecule has 0 N–H and O–H groups in total. The molecule has 0 aliphatic heterocycles. The second kappa shape index (κ2) is 16.9. The molecule has 2 heterocycles. The lowest BCUT2D eigenvalue weighted by Crippen LogP contribution is -2.10. The number of furan rings is 1. The Kier molecular flexibility index (Phi) is 9.84. The molecule has 0 aliphatic carbocycles. The van der Waals surface area contributed by atoms with Crippen LogP contribution in [0.15, 0.2) is 271 Å². The smallest absolute Gasteiger partial charge is 0.143 e. The van der Waals surface area contributed by atoms with Gasteiger partial charge in [0.2, 0.25) is 0 Å². The molecule has 3 heteroatoms. The van der Waals surface area contributed by atoms with Gasteiger partial charge in [0.25, 0.3) is 0 Å². The lowest BCUT2D eigenvalue weighted by atomic mass is 9.93. The van der Waals surface area contributed by atoms with E-state index in [1.807, 2.05) is 12.1 Å². The average molecular weight is 881 g/mol. The number of hydrogen-bond acceptors (Lipinski definition) is 2. The molecule has 0 aliphatic rings. The van der Waals surface area contributed by atoms with Crippen molar-refractivity contribution >= 4 is 60.8 Å². The molecule has 0 fully saturated rings. The van der Waals surface area contributed by atoms with Crippen LogP contribution >= 0.6 is 0 Å². The summed E-state index contributed by atoms with van der Waals surface area (Å²) in [5, 5.41) is 4.75. The molecule has 13 aromatic rings. The molecule has 324 valence electrons. The van der Waals surface area contributed by atoms with Crippen LogP contribution in [0.1, 0.15) is 0 Å². The number of benzene rings is 11. The first kappa shape index (κ1) is 40.1. The molecule has 0 atom stereocenters. The summed E-state index contributed by atoms with van der Waals surface area (Å²) < 4.78 is 8.91. The second-order valence-electron chi connectivity index (χ2n) is 17.6. The molecule has 0 saturated heterocycles. The third kappa shape index (κ3) is 6.99. The summed E-state index contributed by atoms with van der Waals surface area (Å²) >= 11 is 0. The van der Waals surface area contributed by atoms with Gasteiger partial charge in [-0.25, -0.2) is 0 Å². The number of rotatable bonds is 9. The topological polar surface area (TPSA) is 21.3 Å². The molecule has 0 spiro atoms. The minimum absolute atomic E-state index is 0.898. The van der Waals surface area contributed by atoms with Gasteiger partial charge in [0.1, 0.15) is 11.2 Å². The third-order valence-corrected chi connectivity index (χ3v) is 13.6. The van der Waals surface area contributed by atoms with Crippen molar-refractivity contribution in [2.24, 2.45) is 0 Å². The fourth-order valence-electron chi connectivity index (χ4n) is 10.5. The van der Waals surface area contributed by atoms with Crippen LogP contribution in [0.5, 0.6) is 0 Å². The van der Waals surface area contributed by atoms with Crippen molar-refractivity contribution in [2.45, 2.75) is 0 Å². The first-order valence-corrected chi connectivity index (χ1v) is 23.6. The molecule has 0 amide bonds. The van der Waals surface area contributed by atoms with Crippen LogP contribution in [0.25, 0.3) is 105 Å². The van der Waals surface area contributed by atoms with Gasteiger partial charge in [0.15, 0.2) is 0 Å². The van der Waals surface area contributed by atoms with Gasteiger partial charge in [-0.05, 0) is 105 Å². The van der Waals surface area contributed by atoms with E-state index in [2.05, 4.69) is 264 Å². The number of aromatic nitrogens is 1. The van der Waals surface area contributed by atoms with Gasteiger partial charge in [0.05, 0.1) is 16.7 Å². The van der Waals surface area contributed by atoms with Crippen LogP contribution in [-0.2, 0) is 0 Å². The molecule has 0 unspecified atom stereocenters. The maximum Gasteiger partial charge on any atom is 0.143 e. The standard InChI is InChI=1S/C66H44N2O/c1-2-18-45(19-3-1)52-22-4-5-24-54(52)48-20-16-21-51(44-48)67(50-42-38-47(39-43-50)55-30-17-31-61-60-29-11-15-35-65(60)69-66(55)61)49-40-36-46(37-41-49)53-23-6-7-25-56(53)57-26-8-12-32-62(57)68-63-33-13-9-27-58(63)59-28-10-14-34-64(59)68/h1-44H. The number of fused-ring (bicyclic) bond motifs is 6. The van der Waals surface area contributed by atoms with Crippen molar-refractivity contribution in [3.05, 3.63) is 267 Å². The first-order chi connectivity index (χ1) is 34.2. The van der Waals surface area contributed by atoms with Crippen LogP contribution in [0, 0.1) is 0 Å². The van der Waals surface area contributed by atoms with Crippen LogP contribution < -0.4 is 4.90 Å². The van der Waals surface area contributed by atoms with E-state index in [-0.39, 0.29) is 0 Å². The third-order valence-electron chi connectivity index (χ3n) is 13.6. The molecular formula is C66H44N2O. The fourth-order valence-corrected chi connectivity index (χ4v) is 10.5. The van der Waals surface area contributed by atoms with Crippen molar-refractivity contribution in [3.63, 3.8) is 0 Å². The molecule has 2 aromatic heterocycles. The van der Waals surface area contributed by atoms with Crippen molar-refractivity contribution < 1.29 is 4.42 Å². The maximum absolute atomic E-state index is 6.48. The highest BCUT2D eigenvalue weighted by Crippen LogP contribution is 2.44. The Morgan fingerprint density at radius 1 is 0.275 bits per heavy atom. The van der Waals surface area contributed by atoms with Crippen LogP contribution in [0.3, 0.4) is 0 Å². The van der Waals surface area contributed by atoms with E-state index in [9.17, 15) is 0 Å². The van der Waals surface area contributed by atoms with Gasteiger partial charge >= 0.3 is 0 Å². The predicted octanol–water partition coefficient (Wildman–Crippen LogP) is 18.5. The lowest BCUT2D eigenvalue weighted by Gasteiger charge is -2.27. The number of anilines is 3. The first-order valence-electron chi connectivity index (χ1n) is 23.6. The van der Waals surface area contributed by atoms with E-state index in [1.54, 1.807) is 0 Å². The summed E-state index contributed by atoms with van der Waals surface area (Å²) in [5.74, 6) is 0. The minimum atomic E-state index is 0.898. The van der Waals surface area contributed by atoms with Gasteiger partial charge in [-0.3, -0.25) is 0 Å². The van der Waals surface area contributed by atoms with Gasteiger partial charge in [0, 0.05) is 49.7 Å². The predicted molar refractivity (Wildman–Crippen MR) is 290 cm³/mol. The van der Waals surface area contributed by atoms with Gasteiger partial charge in [-0.2, -0.15) is 0 Å². The van der Waals surface area contributed by atoms with Crippen LogP contribution in [-0.4, -0.2) is 4.57 Å². The van der Waals surface area contributed by atoms with E-state index in [0.717, 1.165) is 66.9 Å². The Balaban J connectivity index is 0.923. The second-order valence-corrected chi connectivity index (χ2v) is 17.6. The van der Waals surface area contributed by atoms with Crippen molar-refractivity contribution in [1.29, 1.82) is 0 Å². The highest BCUT2D eigenvalue weighted by molar-refractivity contribution is 6.11. The minimum Gasteiger partial charge on any atom is -0.455 e. The highest BCUT2D eigenvalue weighted by atomic mass is 16.3. The monoisotopic (exact) mass is 880 g/mol. The Morgan fingerprint density at radius 2 is 0.725 bits per heavy atom. The normalized spacial score (nSPS) is 11.5. The van der Waals surface area contributed by atoms with Crippen molar-refractivity contribution in [2.75, 3.05) is 4.90 Å². The highest BCUT2D eigenvalue weighted by Gasteiger charge is 2.20. The Labute approximate surface area is 401 Å². The fraction of sp³-hybridized carbons (Fsp3) is 0. The maximum atomic E-state index is 6.48. The van der Waals surface area contributed by atoms with Crippen LogP contribution in [0.2, 0.25) is 0 Å². The summed E-state index contributed by atoms with van der Waals surface area (Å²) in [6.45, 7) is 0. The Hall–Kier alpha value is -9.18. The van der Waals surface area contributed by atoms with Crippen molar-refractivity contribution in [1.82, 2.24) is 4.57 Å². The summed E-state index contributed by atoms with van der Waals surface area (Å²) in [6.07, 6.45) is 0. The van der Waals surface area contributed by atoms with Crippen LogP contribution in [0.4, 0.5) is 17.1 Å². The Bertz CT molecular complexity index is 3960. The van der Waals surface area contributed by atoms with E-state index >= 15 is 0 Å². The summed E-state index contributed by atoms with van der Waals surface area (Å²) in [6, 6.07) is 96.0. The molecule has 11 aromatic carbocycles. The molecule has 13 rings (SSSR count). The zero-order chi connectivity index (χ0) is 45.7. The zero-order valence-corrected chi connectivity index (χ0v) is 37.7. The van der Waals surface area contributed by atoms with Gasteiger partial charge in [-0.15, -0.1) is 0 Å². The lowest BCUT2D eigenvalue weighted by molar-refractivity contribution is 0.670. The van der Waals surface area contributed by atoms with E-state index in [0.29, 0.717) is 0 Å². The molecule has 0 saturated carbocycles. The Morgan fingerprint density at radius 3 is 1.41 bits per heavy atom. The van der Waals surface area contributed by atoms with E-state index in [1.165, 1.54) is 55.2 Å². The number of hydrogen-bond donors (Lipinski definition) is 0. The largest absolute Gasteiger partial charge is 0.455 e. The van der Waals surface area contributed by atoms with E-state index < -0.39 is 0 Å². The molecule has 69 heavy (non-hydrogen) atoms. The van der Waals surface area contributed by atoms with Crippen molar-refractivity contribution in [3.8, 4) is 61.3 Å².